The van der Waals surface area contributed by atoms with Crippen molar-refractivity contribution in [3.8, 4) is 0 Å². The molecular formula is C22H23F3N4O3. The average molecular weight is 448 g/mol. The lowest BCUT2D eigenvalue weighted by atomic mass is 10.1. The minimum Gasteiger partial charge on any atom is -0.378 e. The molecule has 3 aromatic rings. The van der Waals surface area contributed by atoms with Crippen LogP contribution in [-0.2, 0) is 28.8 Å². The number of amides is 1. The third-order valence-corrected chi connectivity index (χ3v) is 5.49. The highest BCUT2D eigenvalue weighted by Crippen LogP contribution is 2.35. The lowest BCUT2D eigenvalue weighted by molar-refractivity contribution is -0.137. The van der Waals surface area contributed by atoms with E-state index in [2.05, 4.69) is 5.32 Å². The lowest BCUT2D eigenvalue weighted by Gasteiger charge is -2.31. The molecule has 1 aromatic heterocycles. The highest BCUT2D eigenvalue weighted by molar-refractivity contribution is 5.95. The number of nitrogens with one attached hydrogen (secondary N) is 1. The van der Waals surface area contributed by atoms with Gasteiger partial charge in [0.1, 0.15) is 6.54 Å². The van der Waals surface area contributed by atoms with Crippen LogP contribution in [-0.4, -0.2) is 41.3 Å². The van der Waals surface area contributed by atoms with Crippen molar-refractivity contribution in [1.29, 1.82) is 0 Å². The van der Waals surface area contributed by atoms with Gasteiger partial charge < -0.3 is 15.0 Å². The quantitative estimate of drug-likeness (QED) is 0.650. The fourth-order valence-electron chi connectivity index (χ4n) is 3.96. The monoisotopic (exact) mass is 448 g/mol. The number of alkyl halides is 3. The van der Waals surface area contributed by atoms with Gasteiger partial charge in [0.2, 0.25) is 5.91 Å². The van der Waals surface area contributed by atoms with Gasteiger partial charge in [0.25, 0.3) is 0 Å². The number of rotatable bonds is 5. The van der Waals surface area contributed by atoms with E-state index in [4.69, 9.17) is 4.74 Å². The van der Waals surface area contributed by atoms with Crippen molar-refractivity contribution >= 4 is 28.3 Å². The standard InChI is InChI=1S/C22H23F3N4O3/c1-2-28-18-5-3-4-6-19(18)29(21(28)31)14-20(30)26-16-13-15(22(23,24)25)7-8-17(16)27-9-11-32-12-10-27/h3-8,13H,2,9-12,14H2,1H3,(H,26,30). The van der Waals surface area contributed by atoms with Crippen LogP contribution < -0.4 is 15.9 Å². The van der Waals surface area contributed by atoms with Gasteiger partial charge in [-0.15, -0.1) is 0 Å². The Labute approximate surface area is 182 Å². The molecule has 0 spiro atoms. The van der Waals surface area contributed by atoms with Gasteiger partial charge in [-0.25, -0.2) is 4.79 Å². The molecule has 1 saturated heterocycles. The second-order valence-electron chi connectivity index (χ2n) is 7.48. The van der Waals surface area contributed by atoms with Gasteiger partial charge in [0, 0.05) is 19.6 Å². The number of imidazole rings is 1. The first-order valence-corrected chi connectivity index (χ1v) is 10.3. The molecule has 4 rings (SSSR count). The van der Waals surface area contributed by atoms with Crippen molar-refractivity contribution in [2.75, 3.05) is 36.5 Å². The third kappa shape index (κ3) is 4.22. The Bertz CT molecular complexity index is 1190. The molecule has 0 saturated carbocycles. The van der Waals surface area contributed by atoms with Gasteiger partial charge in [-0.1, -0.05) is 12.1 Å². The van der Waals surface area contributed by atoms with Gasteiger partial charge in [0.05, 0.1) is 41.2 Å². The van der Waals surface area contributed by atoms with Gasteiger partial charge in [-0.05, 0) is 37.3 Å². The van der Waals surface area contributed by atoms with Crippen LogP contribution in [0.25, 0.3) is 11.0 Å². The number of hydrogen-bond acceptors (Lipinski definition) is 4. The highest BCUT2D eigenvalue weighted by Gasteiger charge is 2.32. The smallest absolute Gasteiger partial charge is 0.378 e. The molecular weight excluding hydrogens is 425 g/mol. The number of aryl methyl sites for hydroxylation is 1. The zero-order valence-corrected chi connectivity index (χ0v) is 17.5. The van der Waals surface area contributed by atoms with Crippen molar-refractivity contribution in [3.63, 3.8) is 0 Å². The first-order chi connectivity index (χ1) is 15.3. The topological polar surface area (TPSA) is 68.5 Å². The summed E-state index contributed by atoms with van der Waals surface area (Å²) in [5, 5.41) is 2.60. The highest BCUT2D eigenvalue weighted by atomic mass is 19.4. The summed E-state index contributed by atoms with van der Waals surface area (Å²) in [6.45, 7) is 3.83. The summed E-state index contributed by atoms with van der Waals surface area (Å²) in [7, 11) is 0. The molecule has 1 fully saturated rings. The predicted molar refractivity (Wildman–Crippen MR) is 115 cm³/mol. The molecule has 170 valence electrons. The molecule has 32 heavy (non-hydrogen) atoms. The van der Waals surface area contributed by atoms with Crippen molar-refractivity contribution in [1.82, 2.24) is 9.13 Å². The summed E-state index contributed by atoms with van der Waals surface area (Å²) in [6, 6.07) is 10.4. The Kier molecular flexibility index (Phi) is 5.96. The summed E-state index contributed by atoms with van der Waals surface area (Å²) < 4.78 is 48.1. The number of nitrogens with zero attached hydrogens (tertiary/aromatic N) is 3. The number of hydrogen-bond donors (Lipinski definition) is 1. The van der Waals surface area contributed by atoms with Gasteiger partial charge in [-0.3, -0.25) is 13.9 Å². The summed E-state index contributed by atoms with van der Waals surface area (Å²) in [6.07, 6.45) is -4.55. The number of ether oxygens (including phenoxy) is 1. The number of carbonyl (C=O) groups is 1. The number of benzene rings is 2. The van der Waals surface area contributed by atoms with E-state index in [1.807, 2.05) is 11.8 Å². The van der Waals surface area contributed by atoms with E-state index < -0.39 is 17.6 Å². The third-order valence-electron chi connectivity index (χ3n) is 5.49. The van der Waals surface area contributed by atoms with Crippen molar-refractivity contribution in [2.45, 2.75) is 26.2 Å². The number of anilines is 2. The number of carbonyl (C=O) groups excluding carboxylic acids is 1. The Balaban J connectivity index is 1.66. The molecule has 7 nitrogen and oxygen atoms in total. The zero-order valence-electron chi connectivity index (χ0n) is 17.5. The summed E-state index contributed by atoms with van der Waals surface area (Å²) in [4.78, 5) is 27.5. The van der Waals surface area contributed by atoms with E-state index in [0.717, 1.165) is 12.1 Å². The summed E-state index contributed by atoms with van der Waals surface area (Å²) in [5.74, 6) is -0.583. The van der Waals surface area contributed by atoms with Crippen LogP contribution >= 0.6 is 0 Å². The summed E-state index contributed by atoms with van der Waals surface area (Å²) >= 11 is 0. The second kappa shape index (κ2) is 8.70. The molecule has 1 aliphatic heterocycles. The van der Waals surface area contributed by atoms with Crippen LogP contribution in [0.15, 0.2) is 47.3 Å². The van der Waals surface area contributed by atoms with E-state index in [0.29, 0.717) is 49.6 Å². The Morgan fingerprint density at radius 1 is 1.06 bits per heavy atom. The first kappa shape index (κ1) is 21.9. The fraction of sp³-hybridized carbons (Fsp3) is 0.364. The molecule has 0 unspecified atom stereocenters. The minimum absolute atomic E-state index is 0.0546. The Morgan fingerprint density at radius 3 is 2.34 bits per heavy atom. The number of aromatic nitrogens is 2. The van der Waals surface area contributed by atoms with E-state index >= 15 is 0 Å². The van der Waals surface area contributed by atoms with E-state index in [-0.39, 0.29) is 17.9 Å². The Morgan fingerprint density at radius 2 is 1.72 bits per heavy atom. The van der Waals surface area contributed by atoms with E-state index in [1.165, 1.54) is 10.6 Å². The van der Waals surface area contributed by atoms with Crippen molar-refractivity contribution < 1.29 is 22.7 Å². The molecule has 10 heteroatoms. The number of para-hydroxylation sites is 2. The molecule has 0 radical (unpaired) electrons. The van der Waals surface area contributed by atoms with Crippen LogP contribution in [0.1, 0.15) is 12.5 Å². The van der Waals surface area contributed by atoms with Gasteiger partial charge in [-0.2, -0.15) is 13.2 Å². The molecule has 2 aromatic carbocycles. The number of morpholine rings is 1. The predicted octanol–water partition coefficient (Wildman–Crippen LogP) is 3.32. The molecule has 0 bridgehead atoms. The fourth-order valence-corrected chi connectivity index (χ4v) is 3.96. The summed E-state index contributed by atoms with van der Waals surface area (Å²) in [5.41, 5.74) is 0.621. The molecule has 0 aliphatic carbocycles. The normalized spacial score (nSPS) is 14.7. The number of halogens is 3. The second-order valence-corrected chi connectivity index (χ2v) is 7.48. The molecule has 1 amide bonds. The average Bonchev–Trinajstić information content (AvgIpc) is 3.04. The number of fused-ring (bicyclic) bond motifs is 1. The zero-order chi connectivity index (χ0) is 22.9. The maximum absolute atomic E-state index is 13.3. The van der Waals surface area contributed by atoms with Crippen molar-refractivity contribution in [3.05, 3.63) is 58.5 Å². The van der Waals surface area contributed by atoms with Crippen LogP contribution in [0.2, 0.25) is 0 Å². The largest absolute Gasteiger partial charge is 0.416 e. The first-order valence-electron chi connectivity index (χ1n) is 10.3. The van der Waals surface area contributed by atoms with E-state index in [9.17, 15) is 22.8 Å². The van der Waals surface area contributed by atoms with Gasteiger partial charge >= 0.3 is 11.9 Å². The van der Waals surface area contributed by atoms with Crippen LogP contribution in [0, 0.1) is 0 Å². The SMILES string of the molecule is CCn1c(=O)n(CC(=O)Nc2cc(C(F)(F)F)ccc2N2CCOCC2)c2ccccc21. The van der Waals surface area contributed by atoms with Crippen LogP contribution in [0.4, 0.5) is 24.5 Å². The van der Waals surface area contributed by atoms with Crippen molar-refractivity contribution in [2.24, 2.45) is 0 Å². The molecule has 1 aliphatic rings. The Hall–Kier alpha value is -3.27. The molecule has 1 N–H and O–H groups in total. The van der Waals surface area contributed by atoms with Crippen LogP contribution in [0.3, 0.4) is 0 Å². The lowest BCUT2D eigenvalue weighted by Crippen LogP contribution is -2.37. The maximum Gasteiger partial charge on any atom is 0.416 e. The minimum atomic E-state index is -4.55. The maximum atomic E-state index is 13.3. The van der Waals surface area contributed by atoms with Gasteiger partial charge in [0.15, 0.2) is 0 Å². The molecule has 2 heterocycles. The molecule has 0 atom stereocenters. The van der Waals surface area contributed by atoms with E-state index in [1.54, 1.807) is 28.8 Å². The van der Waals surface area contributed by atoms with Crippen LogP contribution in [0.5, 0.6) is 0 Å².